The molecule has 1 aliphatic carbocycles. The third-order valence-electron chi connectivity index (χ3n) is 4.91. The van der Waals surface area contributed by atoms with E-state index in [1.165, 1.54) is 6.07 Å². The van der Waals surface area contributed by atoms with Gasteiger partial charge in [0.2, 0.25) is 0 Å². The van der Waals surface area contributed by atoms with E-state index >= 15 is 0 Å². The lowest BCUT2D eigenvalue weighted by molar-refractivity contribution is -0.274. The fourth-order valence-corrected chi connectivity index (χ4v) is 3.93. The second-order valence-electron chi connectivity index (χ2n) is 6.51. The van der Waals surface area contributed by atoms with Crippen molar-refractivity contribution in [2.75, 3.05) is 26.2 Å². The van der Waals surface area contributed by atoms with E-state index in [9.17, 15) is 17.6 Å². The molecule has 8 heteroatoms. The topological polar surface area (TPSA) is 24.5 Å². The van der Waals surface area contributed by atoms with Gasteiger partial charge in [-0.15, -0.1) is 25.6 Å². The van der Waals surface area contributed by atoms with Crippen LogP contribution in [0.2, 0.25) is 0 Å². The summed E-state index contributed by atoms with van der Waals surface area (Å²) in [6.45, 7) is 3.16. The number of hydrogen-bond donors (Lipinski definition) is 1. The van der Waals surface area contributed by atoms with Crippen LogP contribution in [0, 0.1) is 11.7 Å². The van der Waals surface area contributed by atoms with Crippen molar-refractivity contribution in [1.29, 1.82) is 0 Å². The number of alkyl halides is 3. The van der Waals surface area contributed by atoms with Crippen LogP contribution in [0.5, 0.6) is 5.75 Å². The van der Waals surface area contributed by atoms with Gasteiger partial charge in [0.15, 0.2) is 0 Å². The summed E-state index contributed by atoms with van der Waals surface area (Å²) < 4.78 is 56.0. The molecule has 0 amide bonds. The highest BCUT2D eigenvalue weighted by Crippen LogP contribution is 2.41. The minimum atomic E-state index is -4.77. The Hall–Kier alpha value is -1.05. The van der Waals surface area contributed by atoms with Crippen molar-refractivity contribution in [1.82, 2.24) is 10.2 Å². The highest BCUT2D eigenvalue weighted by molar-refractivity contribution is 5.85. The number of nitrogens with one attached hydrogen (secondary N) is 1. The summed E-state index contributed by atoms with van der Waals surface area (Å²) in [4.78, 5) is 2.20. The number of hydrogen-bond acceptors (Lipinski definition) is 3. The van der Waals surface area contributed by atoms with E-state index in [1.54, 1.807) is 0 Å². The lowest BCUT2D eigenvalue weighted by Crippen LogP contribution is -2.46. The quantitative estimate of drug-likeness (QED) is 0.786. The van der Waals surface area contributed by atoms with E-state index in [-0.39, 0.29) is 30.1 Å². The Labute approximate surface area is 151 Å². The van der Waals surface area contributed by atoms with Crippen molar-refractivity contribution >= 4 is 12.4 Å². The summed E-state index contributed by atoms with van der Waals surface area (Å²) in [6.07, 6.45) is -0.620. The average Bonchev–Trinajstić information content (AvgIpc) is 3.04. The Bertz CT molecular complexity index is 558. The molecule has 1 aromatic rings. The van der Waals surface area contributed by atoms with E-state index in [0.29, 0.717) is 5.56 Å². The molecule has 3 nitrogen and oxygen atoms in total. The van der Waals surface area contributed by atoms with Crippen LogP contribution in [0.3, 0.4) is 0 Å². The van der Waals surface area contributed by atoms with Gasteiger partial charge >= 0.3 is 6.36 Å². The van der Waals surface area contributed by atoms with Gasteiger partial charge in [-0.1, -0.05) is 12.8 Å². The van der Waals surface area contributed by atoms with Gasteiger partial charge in [0.1, 0.15) is 11.6 Å². The Morgan fingerprint density at radius 3 is 2.36 bits per heavy atom. The molecule has 1 heterocycles. The van der Waals surface area contributed by atoms with Crippen LogP contribution >= 0.6 is 12.4 Å². The SMILES string of the molecule is Cl.Fc1ccc(OC(F)(F)F)cc1[C@H](C1CCCC1)N1CCNCC1. The molecule has 0 unspecified atom stereocenters. The number of piperazine rings is 1. The molecular weight excluding hydrogens is 360 g/mol. The maximum absolute atomic E-state index is 14.5. The molecule has 0 aromatic heterocycles. The van der Waals surface area contributed by atoms with E-state index in [1.807, 2.05) is 0 Å². The summed E-state index contributed by atoms with van der Waals surface area (Å²) in [5, 5.41) is 3.26. The largest absolute Gasteiger partial charge is 0.573 e. The number of rotatable bonds is 4. The number of halogens is 5. The monoisotopic (exact) mass is 382 g/mol. The zero-order valence-corrected chi connectivity index (χ0v) is 14.6. The average molecular weight is 383 g/mol. The fourth-order valence-electron chi connectivity index (χ4n) is 3.93. The first-order valence-electron chi connectivity index (χ1n) is 8.44. The lowest BCUT2D eigenvalue weighted by Gasteiger charge is -2.38. The van der Waals surface area contributed by atoms with E-state index in [0.717, 1.165) is 64.0 Å². The molecule has 0 spiro atoms. The zero-order valence-electron chi connectivity index (χ0n) is 13.8. The predicted octanol–water partition coefficient (Wildman–Crippen LogP) is 4.28. The summed E-state index contributed by atoms with van der Waals surface area (Å²) in [5.74, 6) is -0.532. The van der Waals surface area contributed by atoms with Crippen molar-refractivity contribution in [2.24, 2.45) is 5.92 Å². The van der Waals surface area contributed by atoms with Gasteiger partial charge in [0, 0.05) is 37.8 Å². The van der Waals surface area contributed by atoms with Crippen LogP contribution in [0.1, 0.15) is 37.3 Å². The van der Waals surface area contributed by atoms with Gasteiger partial charge < -0.3 is 10.1 Å². The third-order valence-corrected chi connectivity index (χ3v) is 4.91. The van der Waals surface area contributed by atoms with Gasteiger partial charge in [-0.25, -0.2) is 4.39 Å². The molecule has 1 aromatic carbocycles. The van der Waals surface area contributed by atoms with Crippen molar-refractivity contribution in [3.8, 4) is 5.75 Å². The van der Waals surface area contributed by atoms with Crippen LogP contribution in [-0.4, -0.2) is 37.4 Å². The van der Waals surface area contributed by atoms with Crippen LogP contribution in [0.15, 0.2) is 18.2 Å². The Kier molecular flexibility index (Phi) is 6.93. The standard InChI is InChI=1S/C17H22F4N2O.ClH/c18-15-6-5-13(24-17(19,20)21)11-14(15)16(12-3-1-2-4-12)23-9-7-22-8-10-23;/h5-6,11-12,16,22H,1-4,7-10H2;1H/t16-;/m0./s1. The van der Waals surface area contributed by atoms with E-state index < -0.39 is 12.2 Å². The molecule has 0 bridgehead atoms. The number of nitrogens with zero attached hydrogens (tertiary/aromatic N) is 1. The van der Waals surface area contributed by atoms with Crippen LogP contribution in [-0.2, 0) is 0 Å². The number of ether oxygens (including phenoxy) is 1. The predicted molar refractivity (Wildman–Crippen MR) is 89.5 cm³/mol. The molecule has 25 heavy (non-hydrogen) atoms. The molecular formula is C17H23ClF4N2O. The van der Waals surface area contributed by atoms with E-state index in [2.05, 4.69) is 15.0 Å². The first-order valence-corrected chi connectivity index (χ1v) is 8.44. The maximum Gasteiger partial charge on any atom is 0.573 e. The Balaban J connectivity index is 0.00000225. The molecule has 1 atom stereocenters. The zero-order chi connectivity index (χ0) is 17.2. The molecule has 3 rings (SSSR count). The molecule has 142 valence electrons. The van der Waals surface area contributed by atoms with E-state index in [4.69, 9.17) is 0 Å². The molecule has 1 saturated carbocycles. The minimum Gasteiger partial charge on any atom is -0.406 e. The summed E-state index contributed by atoms with van der Waals surface area (Å²) in [7, 11) is 0. The molecule has 1 N–H and O–H groups in total. The summed E-state index contributed by atoms with van der Waals surface area (Å²) in [5.41, 5.74) is 0.325. The molecule has 2 aliphatic rings. The van der Waals surface area contributed by atoms with Crippen molar-refractivity contribution in [2.45, 2.75) is 38.1 Å². The van der Waals surface area contributed by atoms with Crippen LogP contribution < -0.4 is 10.1 Å². The Morgan fingerprint density at radius 1 is 1.12 bits per heavy atom. The van der Waals surface area contributed by atoms with Gasteiger partial charge in [0.25, 0.3) is 0 Å². The normalized spacial score (nSPS) is 21.0. The van der Waals surface area contributed by atoms with Crippen LogP contribution in [0.4, 0.5) is 17.6 Å². The number of benzene rings is 1. The van der Waals surface area contributed by atoms with Crippen molar-refractivity contribution in [3.63, 3.8) is 0 Å². The van der Waals surface area contributed by atoms with Gasteiger partial charge in [0.05, 0.1) is 0 Å². The Morgan fingerprint density at radius 2 is 1.76 bits per heavy atom. The highest BCUT2D eigenvalue weighted by atomic mass is 35.5. The van der Waals surface area contributed by atoms with Gasteiger partial charge in [-0.3, -0.25) is 4.90 Å². The molecule has 0 radical (unpaired) electrons. The third kappa shape index (κ3) is 5.21. The lowest BCUT2D eigenvalue weighted by atomic mass is 9.89. The van der Waals surface area contributed by atoms with Crippen molar-refractivity contribution in [3.05, 3.63) is 29.6 Å². The second-order valence-corrected chi connectivity index (χ2v) is 6.51. The second kappa shape index (κ2) is 8.56. The summed E-state index contributed by atoms with van der Waals surface area (Å²) in [6, 6.07) is 3.16. The molecule has 1 saturated heterocycles. The van der Waals surface area contributed by atoms with Gasteiger partial charge in [-0.2, -0.15) is 0 Å². The smallest absolute Gasteiger partial charge is 0.406 e. The first-order chi connectivity index (χ1) is 11.4. The highest BCUT2D eigenvalue weighted by Gasteiger charge is 2.35. The molecule has 2 fully saturated rings. The van der Waals surface area contributed by atoms with Gasteiger partial charge in [-0.05, 0) is 37.0 Å². The summed E-state index contributed by atoms with van der Waals surface area (Å²) >= 11 is 0. The molecule has 1 aliphatic heterocycles. The maximum atomic E-state index is 14.5. The fraction of sp³-hybridized carbons (Fsp3) is 0.647. The first kappa shape index (κ1) is 20.3. The van der Waals surface area contributed by atoms with Crippen molar-refractivity contribution < 1.29 is 22.3 Å². The van der Waals surface area contributed by atoms with Crippen LogP contribution in [0.25, 0.3) is 0 Å². The minimum absolute atomic E-state index is 0.